The number of nitrogens with zero attached hydrogens (tertiary/aromatic N) is 1. The van der Waals surface area contributed by atoms with Crippen molar-refractivity contribution in [3.63, 3.8) is 0 Å². The van der Waals surface area contributed by atoms with Gasteiger partial charge in [-0.05, 0) is 18.8 Å². The highest BCUT2D eigenvalue weighted by Gasteiger charge is 2.17. The van der Waals surface area contributed by atoms with Crippen LogP contribution in [0.4, 0.5) is 0 Å². The van der Waals surface area contributed by atoms with Gasteiger partial charge in [0.15, 0.2) is 0 Å². The zero-order chi connectivity index (χ0) is 9.90. The highest BCUT2D eigenvalue weighted by molar-refractivity contribution is 7.88. The predicted octanol–water partition coefficient (Wildman–Crippen LogP) is -0.879. The fourth-order valence-electron chi connectivity index (χ4n) is 1.43. The van der Waals surface area contributed by atoms with Crippen molar-refractivity contribution < 1.29 is 8.42 Å². The van der Waals surface area contributed by atoms with E-state index in [4.69, 9.17) is 5.84 Å². The topological polar surface area (TPSA) is 75.4 Å². The molecule has 0 spiro atoms. The molecule has 0 radical (unpaired) electrons. The average Bonchev–Trinajstić information content (AvgIpc) is 2.02. The summed E-state index contributed by atoms with van der Waals surface area (Å²) < 4.78 is 24.1. The summed E-state index contributed by atoms with van der Waals surface area (Å²) in [5.41, 5.74) is 0. The molecule has 0 amide bonds. The highest BCUT2D eigenvalue weighted by atomic mass is 32.2. The van der Waals surface area contributed by atoms with Gasteiger partial charge in [-0.1, -0.05) is 0 Å². The monoisotopic (exact) mass is 207 g/mol. The standard InChI is InChI=1S/C7H17N3O2S/c1-13(11,12)9-6-7-2-4-10(8)5-3-7/h7,9H,2-6,8H2,1H3. The zero-order valence-electron chi connectivity index (χ0n) is 7.86. The summed E-state index contributed by atoms with van der Waals surface area (Å²) in [6, 6.07) is 0. The first-order valence-corrected chi connectivity index (χ1v) is 6.31. The van der Waals surface area contributed by atoms with Gasteiger partial charge in [-0.3, -0.25) is 5.84 Å². The van der Waals surface area contributed by atoms with Crippen molar-refractivity contribution in [2.24, 2.45) is 11.8 Å². The lowest BCUT2D eigenvalue weighted by molar-refractivity contribution is 0.189. The largest absolute Gasteiger partial charge is 0.269 e. The minimum absolute atomic E-state index is 0.439. The van der Waals surface area contributed by atoms with Crippen molar-refractivity contribution >= 4 is 10.0 Å². The maximum Gasteiger partial charge on any atom is 0.208 e. The van der Waals surface area contributed by atoms with Crippen molar-refractivity contribution in [3.8, 4) is 0 Å². The molecule has 1 fully saturated rings. The Bertz CT molecular complexity index is 244. The Morgan fingerprint density at radius 2 is 2.00 bits per heavy atom. The van der Waals surface area contributed by atoms with Crippen LogP contribution in [0.15, 0.2) is 0 Å². The minimum atomic E-state index is -3.03. The van der Waals surface area contributed by atoms with Crippen LogP contribution in [-0.2, 0) is 10.0 Å². The van der Waals surface area contributed by atoms with E-state index < -0.39 is 10.0 Å². The van der Waals surface area contributed by atoms with Gasteiger partial charge in [-0.15, -0.1) is 0 Å². The zero-order valence-corrected chi connectivity index (χ0v) is 8.68. The lowest BCUT2D eigenvalue weighted by atomic mass is 9.98. The van der Waals surface area contributed by atoms with Gasteiger partial charge in [-0.2, -0.15) is 0 Å². The highest BCUT2D eigenvalue weighted by Crippen LogP contribution is 2.13. The van der Waals surface area contributed by atoms with E-state index in [9.17, 15) is 8.42 Å². The average molecular weight is 207 g/mol. The molecule has 0 unspecified atom stereocenters. The summed E-state index contributed by atoms with van der Waals surface area (Å²) in [5, 5.41) is 1.77. The second-order valence-corrected chi connectivity index (χ2v) is 5.43. The van der Waals surface area contributed by atoms with Crippen LogP contribution < -0.4 is 10.6 Å². The van der Waals surface area contributed by atoms with Crippen LogP contribution in [0.5, 0.6) is 0 Å². The van der Waals surface area contributed by atoms with E-state index in [1.165, 1.54) is 6.26 Å². The number of nitrogens with two attached hydrogens (primary N) is 1. The Morgan fingerprint density at radius 3 is 2.46 bits per heavy atom. The van der Waals surface area contributed by atoms with Gasteiger partial charge in [0.05, 0.1) is 6.26 Å². The van der Waals surface area contributed by atoms with E-state index >= 15 is 0 Å². The maximum absolute atomic E-state index is 10.8. The molecule has 0 aromatic heterocycles. The molecule has 0 aliphatic carbocycles. The maximum atomic E-state index is 10.8. The van der Waals surface area contributed by atoms with E-state index in [2.05, 4.69) is 4.72 Å². The lowest BCUT2D eigenvalue weighted by Crippen LogP contribution is -2.41. The first kappa shape index (κ1) is 10.9. The Morgan fingerprint density at radius 1 is 1.46 bits per heavy atom. The molecule has 0 atom stereocenters. The van der Waals surface area contributed by atoms with E-state index in [-0.39, 0.29) is 0 Å². The number of hydrazine groups is 1. The fraction of sp³-hybridized carbons (Fsp3) is 1.00. The summed E-state index contributed by atoms with van der Waals surface area (Å²) in [7, 11) is -3.03. The molecule has 0 aromatic rings. The van der Waals surface area contributed by atoms with Crippen LogP contribution >= 0.6 is 0 Å². The second kappa shape index (κ2) is 4.36. The van der Waals surface area contributed by atoms with Gasteiger partial charge in [0.25, 0.3) is 0 Å². The van der Waals surface area contributed by atoms with E-state index in [0.717, 1.165) is 25.9 Å². The third-order valence-electron chi connectivity index (χ3n) is 2.28. The Labute approximate surface area is 79.3 Å². The van der Waals surface area contributed by atoms with Crippen molar-refractivity contribution in [2.45, 2.75) is 12.8 Å². The summed E-state index contributed by atoms with van der Waals surface area (Å²) in [4.78, 5) is 0. The second-order valence-electron chi connectivity index (χ2n) is 3.60. The van der Waals surface area contributed by atoms with Gasteiger partial charge < -0.3 is 0 Å². The van der Waals surface area contributed by atoms with E-state index in [1.807, 2.05) is 0 Å². The molecule has 5 nitrogen and oxygen atoms in total. The third-order valence-corrected chi connectivity index (χ3v) is 2.97. The van der Waals surface area contributed by atoms with E-state index in [1.54, 1.807) is 5.01 Å². The number of hydrogen-bond acceptors (Lipinski definition) is 4. The fourth-order valence-corrected chi connectivity index (χ4v) is 1.96. The molecule has 1 rings (SSSR count). The van der Waals surface area contributed by atoms with Crippen molar-refractivity contribution in [1.82, 2.24) is 9.73 Å². The summed E-state index contributed by atoms with van der Waals surface area (Å²) >= 11 is 0. The van der Waals surface area contributed by atoms with Crippen molar-refractivity contribution in [2.75, 3.05) is 25.9 Å². The molecular formula is C7H17N3O2S. The predicted molar refractivity (Wildman–Crippen MR) is 51.3 cm³/mol. The third kappa shape index (κ3) is 4.56. The molecule has 78 valence electrons. The molecule has 0 saturated carbocycles. The SMILES string of the molecule is CS(=O)(=O)NCC1CCN(N)CC1. The number of sulfonamides is 1. The van der Waals surface area contributed by atoms with Gasteiger partial charge in [-0.25, -0.2) is 18.1 Å². The van der Waals surface area contributed by atoms with Crippen molar-refractivity contribution in [3.05, 3.63) is 0 Å². The van der Waals surface area contributed by atoms with Crippen LogP contribution in [0, 0.1) is 5.92 Å². The number of rotatable bonds is 3. The first-order chi connectivity index (χ1) is 5.97. The molecule has 1 aliphatic heterocycles. The first-order valence-electron chi connectivity index (χ1n) is 4.41. The molecule has 0 aromatic carbocycles. The molecule has 1 heterocycles. The summed E-state index contributed by atoms with van der Waals surface area (Å²) in [6.07, 6.45) is 3.13. The molecule has 0 bridgehead atoms. The normalized spacial score (nSPS) is 22.0. The van der Waals surface area contributed by atoms with Crippen LogP contribution in [-0.4, -0.2) is 39.3 Å². The molecular weight excluding hydrogens is 190 g/mol. The molecule has 6 heteroatoms. The Hall–Kier alpha value is -0.170. The number of hydrogen-bond donors (Lipinski definition) is 2. The molecule has 1 saturated heterocycles. The number of nitrogens with one attached hydrogen (secondary N) is 1. The number of piperidine rings is 1. The van der Waals surface area contributed by atoms with Gasteiger partial charge >= 0.3 is 0 Å². The van der Waals surface area contributed by atoms with Crippen LogP contribution in [0.3, 0.4) is 0 Å². The van der Waals surface area contributed by atoms with Crippen LogP contribution in [0.2, 0.25) is 0 Å². The summed E-state index contributed by atoms with van der Waals surface area (Å²) in [5.74, 6) is 6.01. The molecule has 3 N–H and O–H groups in total. The Kier molecular flexibility index (Phi) is 3.66. The lowest BCUT2D eigenvalue weighted by Gasteiger charge is -2.28. The Balaban J connectivity index is 2.24. The van der Waals surface area contributed by atoms with Crippen LogP contribution in [0.1, 0.15) is 12.8 Å². The van der Waals surface area contributed by atoms with Crippen LogP contribution in [0.25, 0.3) is 0 Å². The van der Waals surface area contributed by atoms with Gasteiger partial charge in [0.1, 0.15) is 0 Å². The van der Waals surface area contributed by atoms with E-state index in [0.29, 0.717) is 12.5 Å². The summed E-state index contributed by atoms with van der Waals surface area (Å²) in [6.45, 7) is 2.26. The smallest absolute Gasteiger partial charge is 0.208 e. The molecule has 1 aliphatic rings. The van der Waals surface area contributed by atoms with Gasteiger partial charge in [0, 0.05) is 19.6 Å². The minimum Gasteiger partial charge on any atom is -0.269 e. The quantitative estimate of drug-likeness (QED) is 0.589. The van der Waals surface area contributed by atoms with Gasteiger partial charge in [0.2, 0.25) is 10.0 Å². The van der Waals surface area contributed by atoms with Crippen molar-refractivity contribution in [1.29, 1.82) is 0 Å². The molecule has 13 heavy (non-hydrogen) atoms.